The molecule has 2 bridgehead atoms. The molecule has 1 unspecified atom stereocenters. The monoisotopic (exact) mass is 496 g/mol. The summed E-state index contributed by atoms with van der Waals surface area (Å²) in [6.45, 7) is 6.46. The first-order chi connectivity index (χ1) is 12.4. The molecule has 0 aromatic rings. The second-order valence-corrected chi connectivity index (χ2v) is 10.5. The standard InChI is InChI=1S/C16H26O5.As2O3/c1-9-5-6-12-10(2)13(17-4)18-14-16(12)11(9)7-8-15(3,19-14)20-21-16;3-1-5-2-4/h9-14H,5-8H2,1-4H3;/t9-,10-,11+,12+,13+,14-,15+,16?;/m1./s1. The topological polar surface area (TPSA) is 89.5 Å². The first-order valence-electron chi connectivity index (χ1n) is 8.96. The maximum absolute atomic E-state index is 9.22. The molecule has 5 rings (SSSR count). The molecule has 0 aromatic carbocycles. The van der Waals surface area contributed by atoms with Crippen molar-refractivity contribution in [3.05, 3.63) is 0 Å². The van der Waals surface area contributed by atoms with Crippen molar-refractivity contribution >= 4 is 32.1 Å². The van der Waals surface area contributed by atoms with E-state index in [1.165, 1.54) is 6.42 Å². The third kappa shape index (κ3) is 3.57. The summed E-state index contributed by atoms with van der Waals surface area (Å²) in [5, 5.41) is 0. The number of hydrogen-bond acceptors (Lipinski definition) is 8. The third-order valence-corrected chi connectivity index (χ3v) is 8.13. The van der Waals surface area contributed by atoms with Gasteiger partial charge in [-0.2, -0.15) is 0 Å². The molecular formula is C16H26As2O8. The quantitative estimate of drug-likeness (QED) is 0.432. The van der Waals surface area contributed by atoms with Gasteiger partial charge in [-0.15, -0.1) is 0 Å². The van der Waals surface area contributed by atoms with Gasteiger partial charge in [0.15, 0.2) is 18.2 Å². The van der Waals surface area contributed by atoms with Crippen molar-refractivity contribution in [1.82, 2.24) is 0 Å². The molecule has 1 aliphatic carbocycles. The van der Waals surface area contributed by atoms with Crippen molar-refractivity contribution in [3.8, 4) is 0 Å². The van der Waals surface area contributed by atoms with Gasteiger partial charge < -0.3 is 14.2 Å². The van der Waals surface area contributed by atoms with Gasteiger partial charge >= 0.3 is 42.3 Å². The Balaban J connectivity index is 0.000000349. The number of hydrogen-bond donors (Lipinski definition) is 0. The van der Waals surface area contributed by atoms with Crippen molar-refractivity contribution in [1.29, 1.82) is 0 Å². The molecule has 0 aromatic heterocycles. The normalized spacial score (nSPS) is 49.8. The van der Waals surface area contributed by atoms with E-state index >= 15 is 0 Å². The zero-order valence-corrected chi connectivity index (χ0v) is 19.2. The van der Waals surface area contributed by atoms with Gasteiger partial charge in [0.25, 0.3) is 0 Å². The Morgan fingerprint density at radius 2 is 1.77 bits per heavy atom. The Morgan fingerprint density at radius 3 is 2.38 bits per heavy atom. The molecule has 4 heterocycles. The molecule has 26 heavy (non-hydrogen) atoms. The predicted molar refractivity (Wildman–Crippen MR) is 87.8 cm³/mol. The van der Waals surface area contributed by atoms with Crippen molar-refractivity contribution in [2.45, 2.75) is 70.4 Å². The third-order valence-electron chi connectivity index (χ3n) is 6.40. The molecule has 10 heteroatoms. The SMILES string of the molecule is CO[C@H]1O[C@@H]2O[C@]3(C)CC[C@H]4[C@H](C)CC[C@@H]([C@H]1C)C24OO3.O=[As]O[As]=O. The summed E-state index contributed by atoms with van der Waals surface area (Å²) in [4.78, 5) is 11.8. The summed E-state index contributed by atoms with van der Waals surface area (Å²) in [5.74, 6) is 0.953. The van der Waals surface area contributed by atoms with E-state index < -0.39 is 49.7 Å². The molecule has 148 valence electrons. The number of fused-ring (bicyclic) bond motifs is 2. The van der Waals surface area contributed by atoms with Gasteiger partial charge in [-0.25, -0.2) is 9.78 Å². The number of rotatable bonds is 3. The van der Waals surface area contributed by atoms with Crippen LogP contribution in [0.15, 0.2) is 0 Å². The van der Waals surface area contributed by atoms with Crippen molar-refractivity contribution < 1.29 is 34.2 Å². The van der Waals surface area contributed by atoms with Crippen molar-refractivity contribution in [2.24, 2.45) is 23.7 Å². The van der Waals surface area contributed by atoms with Crippen LogP contribution in [0.2, 0.25) is 0 Å². The van der Waals surface area contributed by atoms with E-state index in [0.29, 0.717) is 17.8 Å². The summed E-state index contributed by atoms with van der Waals surface area (Å²) in [6, 6.07) is 0. The van der Waals surface area contributed by atoms with Gasteiger partial charge in [0.1, 0.15) is 0 Å². The Kier molecular flexibility index (Phi) is 6.90. The molecule has 5 fully saturated rings. The molecule has 4 saturated heterocycles. The molecule has 1 spiro atoms. The molecule has 0 amide bonds. The summed E-state index contributed by atoms with van der Waals surface area (Å²) in [7, 11) is 1.70. The van der Waals surface area contributed by atoms with Crippen LogP contribution in [0, 0.1) is 23.7 Å². The summed E-state index contributed by atoms with van der Waals surface area (Å²) < 4.78 is 40.3. The van der Waals surface area contributed by atoms with Crippen molar-refractivity contribution in [3.63, 3.8) is 0 Å². The van der Waals surface area contributed by atoms with E-state index in [1.807, 2.05) is 6.92 Å². The van der Waals surface area contributed by atoms with Crippen LogP contribution in [0.4, 0.5) is 0 Å². The Morgan fingerprint density at radius 1 is 1.04 bits per heavy atom. The average molecular weight is 496 g/mol. The average Bonchev–Trinajstić information content (AvgIpc) is 2.85. The minimum absolute atomic E-state index is 0.230. The fraction of sp³-hybridized carbons (Fsp3) is 1.00. The summed E-state index contributed by atoms with van der Waals surface area (Å²) in [5.41, 5.74) is -0.470. The predicted octanol–water partition coefficient (Wildman–Crippen LogP) is 1.77. The number of methoxy groups -OCH3 is 1. The second-order valence-electron chi connectivity index (χ2n) is 7.74. The van der Waals surface area contributed by atoms with Crippen LogP contribution in [0.5, 0.6) is 0 Å². The molecule has 0 N–H and O–H groups in total. The Hall–Kier alpha value is 0.477. The van der Waals surface area contributed by atoms with Gasteiger partial charge in [-0.05, 0) is 38.0 Å². The molecule has 0 radical (unpaired) electrons. The van der Waals surface area contributed by atoms with Gasteiger partial charge in [0, 0.05) is 25.4 Å². The van der Waals surface area contributed by atoms with Crippen LogP contribution in [0.25, 0.3) is 0 Å². The van der Waals surface area contributed by atoms with Crippen LogP contribution in [-0.4, -0.2) is 63.1 Å². The summed E-state index contributed by atoms with van der Waals surface area (Å²) >= 11 is -2.61. The molecule has 4 aliphatic heterocycles. The minimum atomic E-state index is -1.30. The van der Waals surface area contributed by atoms with Crippen LogP contribution < -0.4 is 0 Å². The molecular weight excluding hydrogens is 470 g/mol. The van der Waals surface area contributed by atoms with E-state index in [0.717, 1.165) is 19.3 Å². The second kappa shape index (κ2) is 8.46. The van der Waals surface area contributed by atoms with Crippen LogP contribution in [0.3, 0.4) is 0 Å². The van der Waals surface area contributed by atoms with E-state index in [1.54, 1.807) is 7.11 Å². The fourth-order valence-corrected chi connectivity index (χ4v) is 5.51. The fourth-order valence-electron chi connectivity index (χ4n) is 5.16. The zero-order valence-electron chi connectivity index (χ0n) is 15.5. The Labute approximate surface area is 167 Å². The summed E-state index contributed by atoms with van der Waals surface area (Å²) in [6.07, 6.45) is 3.64. The molecule has 1 saturated carbocycles. The van der Waals surface area contributed by atoms with Crippen molar-refractivity contribution in [2.75, 3.05) is 7.11 Å². The van der Waals surface area contributed by atoms with Gasteiger partial charge in [-0.3, -0.25) is 0 Å². The molecule has 5 aliphatic rings. The first-order valence-corrected chi connectivity index (χ1v) is 12.0. The van der Waals surface area contributed by atoms with Gasteiger partial charge in [-0.1, -0.05) is 13.8 Å². The van der Waals surface area contributed by atoms with Gasteiger partial charge in [0.05, 0.1) is 0 Å². The van der Waals surface area contributed by atoms with Crippen LogP contribution >= 0.6 is 0 Å². The Bertz CT molecular complexity index is 530. The van der Waals surface area contributed by atoms with Crippen LogP contribution in [0.1, 0.15) is 46.5 Å². The van der Waals surface area contributed by atoms with E-state index in [9.17, 15) is 7.48 Å². The zero-order chi connectivity index (χ0) is 18.9. The number of ether oxygens (including phenoxy) is 3. The van der Waals surface area contributed by atoms with E-state index in [2.05, 4.69) is 16.6 Å². The van der Waals surface area contributed by atoms with E-state index in [4.69, 9.17) is 24.0 Å². The molecule has 8 nitrogen and oxygen atoms in total. The van der Waals surface area contributed by atoms with E-state index in [-0.39, 0.29) is 12.2 Å². The maximum atomic E-state index is 9.22. The first kappa shape index (κ1) is 21.2. The molecule has 8 atom stereocenters. The van der Waals surface area contributed by atoms with Gasteiger partial charge in [0.2, 0.25) is 5.79 Å². The van der Waals surface area contributed by atoms with Crippen LogP contribution in [-0.2, 0) is 34.2 Å².